The SMILES string of the molecule is CC(N)c1nccc(Cl)c1F. The maximum atomic E-state index is 13.0. The molecule has 0 spiro atoms. The second-order valence-electron chi connectivity index (χ2n) is 2.28. The molecule has 0 saturated carbocycles. The number of pyridine rings is 1. The van der Waals surface area contributed by atoms with Gasteiger partial charge in [-0.05, 0) is 13.0 Å². The monoisotopic (exact) mass is 174 g/mol. The summed E-state index contributed by atoms with van der Waals surface area (Å²) in [6.07, 6.45) is 1.43. The average Bonchev–Trinajstić information content (AvgIpc) is 1.94. The lowest BCUT2D eigenvalue weighted by Gasteiger charge is -2.05. The van der Waals surface area contributed by atoms with E-state index in [4.69, 9.17) is 17.3 Å². The molecule has 0 bridgehead atoms. The minimum absolute atomic E-state index is 0.0623. The second-order valence-corrected chi connectivity index (χ2v) is 2.69. The van der Waals surface area contributed by atoms with E-state index in [0.29, 0.717) is 0 Å². The van der Waals surface area contributed by atoms with Crippen LogP contribution in [0.1, 0.15) is 18.7 Å². The molecule has 2 N–H and O–H groups in total. The first-order chi connectivity index (χ1) is 5.13. The molecule has 0 aliphatic rings. The van der Waals surface area contributed by atoms with E-state index in [-0.39, 0.29) is 10.7 Å². The van der Waals surface area contributed by atoms with Gasteiger partial charge in [-0.2, -0.15) is 0 Å². The molecule has 0 radical (unpaired) electrons. The Morgan fingerprint density at radius 3 is 2.82 bits per heavy atom. The van der Waals surface area contributed by atoms with E-state index < -0.39 is 11.9 Å². The standard InChI is InChI=1S/C7H8ClFN2/c1-4(10)7-6(9)5(8)2-3-11-7/h2-4H,10H2,1H3. The van der Waals surface area contributed by atoms with E-state index in [2.05, 4.69) is 4.98 Å². The van der Waals surface area contributed by atoms with Gasteiger partial charge in [0.2, 0.25) is 0 Å². The number of nitrogens with zero attached hydrogens (tertiary/aromatic N) is 1. The third kappa shape index (κ3) is 1.67. The molecule has 1 unspecified atom stereocenters. The van der Waals surface area contributed by atoms with Crippen molar-refractivity contribution in [2.75, 3.05) is 0 Å². The highest BCUT2D eigenvalue weighted by Crippen LogP contribution is 2.18. The quantitative estimate of drug-likeness (QED) is 0.706. The predicted molar refractivity (Wildman–Crippen MR) is 41.8 cm³/mol. The van der Waals surface area contributed by atoms with Crippen LogP contribution in [0.3, 0.4) is 0 Å². The van der Waals surface area contributed by atoms with Crippen LogP contribution in [0.4, 0.5) is 4.39 Å². The molecular formula is C7H8ClFN2. The number of halogens is 2. The van der Waals surface area contributed by atoms with Crippen LogP contribution in [0.5, 0.6) is 0 Å². The van der Waals surface area contributed by atoms with Gasteiger partial charge in [0, 0.05) is 12.2 Å². The number of aromatic nitrogens is 1. The van der Waals surface area contributed by atoms with E-state index in [9.17, 15) is 4.39 Å². The third-order valence-corrected chi connectivity index (χ3v) is 1.59. The molecule has 1 aromatic heterocycles. The van der Waals surface area contributed by atoms with Gasteiger partial charge in [-0.1, -0.05) is 11.6 Å². The van der Waals surface area contributed by atoms with Crippen LogP contribution in [-0.2, 0) is 0 Å². The van der Waals surface area contributed by atoms with Crippen molar-refractivity contribution in [2.45, 2.75) is 13.0 Å². The van der Waals surface area contributed by atoms with Crippen LogP contribution in [0.15, 0.2) is 12.3 Å². The molecule has 1 atom stereocenters. The molecule has 4 heteroatoms. The van der Waals surface area contributed by atoms with Gasteiger partial charge in [0.15, 0.2) is 5.82 Å². The van der Waals surface area contributed by atoms with Gasteiger partial charge in [0.25, 0.3) is 0 Å². The van der Waals surface area contributed by atoms with E-state index in [1.807, 2.05) is 0 Å². The molecule has 11 heavy (non-hydrogen) atoms. The van der Waals surface area contributed by atoms with Crippen molar-refractivity contribution < 1.29 is 4.39 Å². The van der Waals surface area contributed by atoms with E-state index in [0.717, 1.165) is 0 Å². The predicted octanol–water partition coefficient (Wildman–Crippen LogP) is 1.89. The minimum atomic E-state index is -0.524. The Balaban J connectivity index is 3.17. The van der Waals surface area contributed by atoms with E-state index >= 15 is 0 Å². The molecule has 1 rings (SSSR count). The van der Waals surface area contributed by atoms with Gasteiger partial charge < -0.3 is 5.73 Å². The van der Waals surface area contributed by atoms with Gasteiger partial charge in [0.05, 0.1) is 10.7 Å². The van der Waals surface area contributed by atoms with Crippen molar-refractivity contribution in [3.63, 3.8) is 0 Å². The summed E-state index contributed by atoms with van der Waals surface area (Å²) in [5.74, 6) is -0.524. The van der Waals surface area contributed by atoms with Gasteiger partial charge in [-0.25, -0.2) is 4.39 Å². The number of hydrogen-bond acceptors (Lipinski definition) is 2. The summed E-state index contributed by atoms with van der Waals surface area (Å²) in [6.45, 7) is 1.65. The Morgan fingerprint density at radius 2 is 2.36 bits per heavy atom. The molecule has 0 saturated heterocycles. The molecule has 0 fully saturated rings. The second kappa shape index (κ2) is 3.15. The zero-order valence-electron chi connectivity index (χ0n) is 6.01. The van der Waals surface area contributed by atoms with Crippen LogP contribution in [-0.4, -0.2) is 4.98 Å². The van der Waals surface area contributed by atoms with Crippen molar-refractivity contribution in [1.29, 1.82) is 0 Å². The maximum Gasteiger partial charge on any atom is 0.164 e. The summed E-state index contributed by atoms with van der Waals surface area (Å²) >= 11 is 5.49. The Kier molecular flexibility index (Phi) is 2.42. The summed E-state index contributed by atoms with van der Waals surface area (Å²) < 4.78 is 13.0. The lowest BCUT2D eigenvalue weighted by atomic mass is 10.2. The minimum Gasteiger partial charge on any atom is -0.323 e. The van der Waals surface area contributed by atoms with Gasteiger partial charge >= 0.3 is 0 Å². The van der Waals surface area contributed by atoms with Crippen molar-refractivity contribution in [3.8, 4) is 0 Å². The normalized spacial score (nSPS) is 13.1. The van der Waals surface area contributed by atoms with Crippen molar-refractivity contribution in [1.82, 2.24) is 4.98 Å². The fourth-order valence-electron chi connectivity index (χ4n) is 0.753. The first-order valence-electron chi connectivity index (χ1n) is 3.18. The van der Waals surface area contributed by atoms with Crippen LogP contribution in [0.2, 0.25) is 5.02 Å². The van der Waals surface area contributed by atoms with Crippen LogP contribution >= 0.6 is 11.6 Å². The molecule has 0 aromatic carbocycles. The molecular weight excluding hydrogens is 167 g/mol. The zero-order chi connectivity index (χ0) is 8.43. The number of rotatable bonds is 1. The Labute approximate surface area is 69.2 Å². The summed E-state index contributed by atoms with van der Waals surface area (Å²) in [5.41, 5.74) is 5.63. The molecule has 0 amide bonds. The van der Waals surface area contributed by atoms with Crippen LogP contribution < -0.4 is 5.73 Å². The fraction of sp³-hybridized carbons (Fsp3) is 0.286. The lowest BCUT2D eigenvalue weighted by molar-refractivity contribution is 0.579. The van der Waals surface area contributed by atoms with Crippen LogP contribution in [0, 0.1) is 5.82 Å². The maximum absolute atomic E-state index is 13.0. The van der Waals surface area contributed by atoms with Crippen molar-refractivity contribution >= 4 is 11.6 Å². The summed E-state index contributed by atoms with van der Waals surface area (Å²) in [6, 6.07) is 0.969. The summed E-state index contributed by atoms with van der Waals surface area (Å²) in [4.78, 5) is 3.75. The average molecular weight is 175 g/mol. The Morgan fingerprint density at radius 1 is 1.73 bits per heavy atom. The largest absolute Gasteiger partial charge is 0.323 e. The highest BCUT2D eigenvalue weighted by molar-refractivity contribution is 6.30. The third-order valence-electron chi connectivity index (χ3n) is 1.30. The van der Waals surface area contributed by atoms with Gasteiger partial charge in [-0.3, -0.25) is 4.98 Å². The summed E-state index contributed by atoms with van der Waals surface area (Å²) in [5, 5.41) is 0.0623. The van der Waals surface area contributed by atoms with Crippen LogP contribution in [0.25, 0.3) is 0 Å². The molecule has 0 aliphatic carbocycles. The zero-order valence-corrected chi connectivity index (χ0v) is 6.77. The van der Waals surface area contributed by atoms with E-state index in [1.54, 1.807) is 6.92 Å². The molecule has 1 aromatic rings. The number of nitrogens with two attached hydrogens (primary N) is 1. The summed E-state index contributed by atoms with van der Waals surface area (Å²) in [7, 11) is 0. The highest BCUT2D eigenvalue weighted by atomic mass is 35.5. The first-order valence-corrected chi connectivity index (χ1v) is 3.56. The Bertz CT molecular complexity index is 263. The fourth-order valence-corrected chi connectivity index (χ4v) is 0.906. The molecule has 1 heterocycles. The topological polar surface area (TPSA) is 38.9 Å². The smallest absolute Gasteiger partial charge is 0.164 e. The molecule has 0 aliphatic heterocycles. The van der Waals surface area contributed by atoms with Crippen molar-refractivity contribution in [3.05, 3.63) is 28.8 Å². The first kappa shape index (κ1) is 8.43. The Hall–Kier alpha value is -0.670. The molecule has 2 nitrogen and oxygen atoms in total. The highest BCUT2D eigenvalue weighted by Gasteiger charge is 2.10. The van der Waals surface area contributed by atoms with Gasteiger partial charge in [-0.15, -0.1) is 0 Å². The number of hydrogen-bond donors (Lipinski definition) is 1. The lowest BCUT2D eigenvalue weighted by Crippen LogP contribution is -2.09. The van der Waals surface area contributed by atoms with Gasteiger partial charge in [0.1, 0.15) is 0 Å². The molecule has 60 valence electrons. The van der Waals surface area contributed by atoms with Crippen molar-refractivity contribution in [2.24, 2.45) is 5.73 Å². The van der Waals surface area contributed by atoms with E-state index in [1.165, 1.54) is 12.3 Å².